The number of aromatic nitrogens is 2. The number of nitrogens with two attached hydrogens (primary N) is 1. The number of carbonyl (C=O) groups is 2. The van der Waals surface area contributed by atoms with E-state index in [1.807, 2.05) is 6.07 Å². The number of hydrogen-bond acceptors (Lipinski definition) is 6. The van der Waals surface area contributed by atoms with Crippen molar-refractivity contribution >= 4 is 17.4 Å². The number of anilines is 1. The van der Waals surface area contributed by atoms with Crippen molar-refractivity contribution in [3.05, 3.63) is 40.7 Å². The number of rotatable bonds is 6. The molecule has 2 heterocycles. The average Bonchev–Trinajstić information content (AvgIpc) is 3.38. The molecular formula is C24H32N4O4. The average molecular weight is 441 g/mol. The summed E-state index contributed by atoms with van der Waals surface area (Å²) >= 11 is 0. The first-order valence-electron chi connectivity index (χ1n) is 11.1. The van der Waals surface area contributed by atoms with Crippen LogP contribution in [0.5, 0.6) is 0 Å². The Kier molecular flexibility index (Phi) is 6.09. The molecule has 1 atom stereocenters. The third-order valence-electron chi connectivity index (χ3n) is 6.29. The van der Waals surface area contributed by atoms with Gasteiger partial charge in [-0.05, 0) is 42.9 Å². The standard InChI is InChI=1S/C24H32N4O4/c1-24(2)13-18-21(19(29)14-24)22(20-6-5-10-32-20)26-28(18)17-8-7-15(12-16(17)25)23(30)27(3)9-11-31-4/h7-8,12,20H,5-6,9-11,13-14,25H2,1-4H3. The summed E-state index contributed by atoms with van der Waals surface area (Å²) in [4.78, 5) is 27.4. The molecule has 2 aromatic rings. The molecule has 1 saturated heterocycles. The summed E-state index contributed by atoms with van der Waals surface area (Å²) in [6.07, 6.45) is 2.86. The number of hydrogen-bond donors (Lipinski definition) is 1. The number of ether oxygens (including phenoxy) is 2. The Morgan fingerprint density at radius 2 is 2.16 bits per heavy atom. The first-order chi connectivity index (χ1) is 15.2. The van der Waals surface area contributed by atoms with Gasteiger partial charge in [-0.3, -0.25) is 9.59 Å². The summed E-state index contributed by atoms with van der Waals surface area (Å²) in [6, 6.07) is 5.24. The molecule has 1 aromatic carbocycles. The Labute approximate surface area is 188 Å². The summed E-state index contributed by atoms with van der Waals surface area (Å²) in [5, 5.41) is 4.85. The van der Waals surface area contributed by atoms with Gasteiger partial charge in [0.05, 0.1) is 29.2 Å². The molecule has 1 aliphatic carbocycles. The molecule has 8 heteroatoms. The molecule has 0 spiro atoms. The van der Waals surface area contributed by atoms with Gasteiger partial charge in [0.25, 0.3) is 5.91 Å². The summed E-state index contributed by atoms with van der Waals surface area (Å²) < 4.78 is 12.7. The topological polar surface area (TPSA) is 99.7 Å². The van der Waals surface area contributed by atoms with Crippen molar-refractivity contribution in [2.24, 2.45) is 5.41 Å². The zero-order valence-electron chi connectivity index (χ0n) is 19.3. The van der Waals surface area contributed by atoms with E-state index in [1.165, 1.54) is 0 Å². The molecule has 1 amide bonds. The molecule has 32 heavy (non-hydrogen) atoms. The largest absolute Gasteiger partial charge is 0.397 e. The van der Waals surface area contributed by atoms with Crippen LogP contribution in [0.25, 0.3) is 5.69 Å². The van der Waals surface area contributed by atoms with Gasteiger partial charge in [-0.25, -0.2) is 4.68 Å². The van der Waals surface area contributed by atoms with E-state index < -0.39 is 0 Å². The van der Waals surface area contributed by atoms with Gasteiger partial charge in [0.1, 0.15) is 11.8 Å². The Bertz CT molecular complexity index is 1040. The van der Waals surface area contributed by atoms with Gasteiger partial charge in [-0.1, -0.05) is 13.8 Å². The third-order valence-corrected chi connectivity index (χ3v) is 6.29. The number of Topliss-reactive ketones (excluding diaryl/α,β-unsaturated/α-hetero) is 1. The molecule has 0 radical (unpaired) electrons. The fourth-order valence-electron chi connectivity index (χ4n) is 4.63. The highest BCUT2D eigenvalue weighted by Crippen LogP contribution is 2.41. The number of amides is 1. The summed E-state index contributed by atoms with van der Waals surface area (Å²) in [7, 11) is 3.34. The van der Waals surface area contributed by atoms with Crippen LogP contribution in [0.15, 0.2) is 18.2 Å². The van der Waals surface area contributed by atoms with Gasteiger partial charge < -0.3 is 20.1 Å². The number of nitrogens with zero attached hydrogens (tertiary/aromatic N) is 3. The Morgan fingerprint density at radius 1 is 1.38 bits per heavy atom. The number of nitrogen functional groups attached to an aromatic ring is 1. The lowest BCUT2D eigenvalue weighted by atomic mass is 9.75. The number of carbonyl (C=O) groups excluding carboxylic acids is 2. The Hall–Kier alpha value is -2.71. The summed E-state index contributed by atoms with van der Waals surface area (Å²) in [6.45, 7) is 5.83. The molecule has 1 fully saturated rings. The molecular weight excluding hydrogens is 408 g/mol. The van der Waals surface area contributed by atoms with Crippen LogP contribution in [0.1, 0.15) is 71.3 Å². The van der Waals surface area contributed by atoms with E-state index in [9.17, 15) is 9.59 Å². The van der Waals surface area contributed by atoms with Crippen LogP contribution in [0.4, 0.5) is 5.69 Å². The second-order valence-corrected chi connectivity index (χ2v) is 9.55. The van der Waals surface area contributed by atoms with E-state index in [1.54, 1.807) is 35.9 Å². The van der Waals surface area contributed by atoms with Crippen LogP contribution in [0.2, 0.25) is 0 Å². The van der Waals surface area contributed by atoms with Crippen LogP contribution in [0, 0.1) is 5.41 Å². The fraction of sp³-hybridized carbons (Fsp3) is 0.542. The van der Waals surface area contributed by atoms with Crippen molar-refractivity contribution in [1.29, 1.82) is 0 Å². The van der Waals surface area contributed by atoms with Crippen molar-refractivity contribution in [3.8, 4) is 5.69 Å². The first kappa shape index (κ1) is 22.5. The van der Waals surface area contributed by atoms with Gasteiger partial charge in [0, 0.05) is 39.3 Å². The monoisotopic (exact) mass is 440 g/mol. The normalized spacial score (nSPS) is 19.8. The maximum absolute atomic E-state index is 13.1. The number of benzene rings is 1. The molecule has 8 nitrogen and oxygen atoms in total. The predicted octanol–water partition coefficient (Wildman–Crippen LogP) is 3.18. The Balaban J connectivity index is 1.74. The summed E-state index contributed by atoms with van der Waals surface area (Å²) in [5.41, 5.74) is 10.2. The zero-order valence-corrected chi connectivity index (χ0v) is 19.3. The van der Waals surface area contributed by atoms with E-state index >= 15 is 0 Å². The maximum atomic E-state index is 13.1. The lowest BCUT2D eigenvalue weighted by molar-refractivity contribution is 0.0744. The molecule has 2 N–H and O–H groups in total. The van der Waals surface area contributed by atoms with E-state index in [4.69, 9.17) is 20.3 Å². The number of likely N-dealkylation sites (N-methyl/N-ethyl adjacent to an activating group) is 1. The van der Waals surface area contributed by atoms with E-state index in [0.717, 1.165) is 24.2 Å². The van der Waals surface area contributed by atoms with E-state index in [-0.39, 0.29) is 23.2 Å². The van der Waals surface area contributed by atoms with Gasteiger partial charge >= 0.3 is 0 Å². The molecule has 1 aromatic heterocycles. The quantitative estimate of drug-likeness (QED) is 0.693. The van der Waals surface area contributed by atoms with Gasteiger partial charge in [-0.15, -0.1) is 0 Å². The van der Waals surface area contributed by atoms with Crippen molar-refractivity contribution < 1.29 is 19.1 Å². The highest BCUT2D eigenvalue weighted by Gasteiger charge is 2.39. The minimum atomic E-state index is -0.162. The lowest BCUT2D eigenvalue weighted by Crippen LogP contribution is -2.30. The van der Waals surface area contributed by atoms with Gasteiger partial charge in [0.15, 0.2) is 5.78 Å². The van der Waals surface area contributed by atoms with Crippen LogP contribution in [0.3, 0.4) is 0 Å². The highest BCUT2D eigenvalue weighted by molar-refractivity contribution is 6.00. The van der Waals surface area contributed by atoms with E-state index in [0.29, 0.717) is 55.1 Å². The van der Waals surface area contributed by atoms with Crippen molar-refractivity contribution in [2.45, 2.75) is 45.6 Å². The smallest absolute Gasteiger partial charge is 0.253 e. The van der Waals surface area contributed by atoms with Gasteiger partial charge in [-0.2, -0.15) is 5.10 Å². The zero-order chi connectivity index (χ0) is 23.0. The van der Waals surface area contributed by atoms with Gasteiger partial charge in [0.2, 0.25) is 0 Å². The summed E-state index contributed by atoms with van der Waals surface area (Å²) in [5.74, 6) is -0.0164. The van der Waals surface area contributed by atoms with Crippen molar-refractivity contribution in [1.82, 2.24) is 14.7 Å². The van der Waals surface area contributed by atoms with Crippen molar-refractivity contribution in [2.75, 3.05) is 39.6 Å². The molecule has 0 saturated carbocycles. The highest BCUT2D eigenvalue weighted by atomic mass is 16.5. The molecule has 4 rings (SSSR count). The second kappa shape index (κ2) is 8.67. The third kappa shape index (κ3) is 4.17. The fourth-order valence-corrected chi connectivity index (χ4v) is 4.63. The molecule has 1 aliphatic heterocycles. The number of fused-ring (bicyclic) bond motifs is 1. The molecule has 2 aliphatic rings. The number of ketones is 1. The van der Waals surface area contributed by atoms with Crippen LogP contribution in [-0.2, 0) is 15.9 Å². The molecule has 172 valence electrons. The number of methoxy groups -OCH3 is 1. The van der Waals surface area contributed by atoms with Crippen molar-refractivity contribution in [3.63, 3.8) is 0 Å². The maximum Gasteiger partial charge on any atom is 0.253 e. The Morgan fingerprint density at radius 3 is 2.81 bits per heavy atom. The minimum Gasteiger partial charge on any atom is -0.397 e. The van der Waals surface area contributed by atoms with Crippen LogP contribution < -0.4 is 5.73 Å². The molecule has 0 bridgehead atoms. The van der Waals surface area contributed by atoms with Crippen LogP contribution >= 0.6 is 0 Å². The van der Waals surface area contributed by atoms with E-state index in [2.05, 4.69) is 13.8 Å². The predicted molar refractivity (Wildman–Crippen MR) is 121 cm³/mol. The minimum absolute atomic E-state index is 0.109. The first-order valence-corrected chi connectivity index (χ1v) is 11.1. The molecule has 1 unspecified atom stereocenters. The van der Waals surface area contributed by atoms with Crippen LogP contribution in [-0.4, -0.2) is 60.3 Å². The SMILES string of the molecule is COCCN(C)C(=O)c1ccc(-n2nc(C3CCCO3)c3c2CC(C)(C)CC3=O)c(N)c1. The lowest BCUT2D eigenvalue weighted by Gasteiger charge is -2.29. The second-order valence-electron chi connectivity index (χ2n) is 9.55.